The Bertz CT molecular complexity index is 621. The van der Waals surface area contributed by atoms with Crippen LogP contribution in [0, 0.1) is 11.6 Å². The second-order valence-corrected chi connectivity index (χ2v) is 3.57. The molecular formula is C14H7F2O2. The molecule has 0 aliphatic carbocycles. The number of benzene rings is 2. The first-order valence-electron chi connectivity index (χ1n) is 5.11. The molecule has 0 unspecified atom stereocenters. The Morgan fingerprint density at radius 3 is 2.28 bits per heavy atom. The molecule has 18 heavy (non-hydrogen) atoms. The number of hydrogen-bond donors (Lipinski definition) is 0. The van der Waals surface area contributed by atoms with Crippen molar-refractivity contribution in [3.8, 4) is 0 Å². The van der Waals surface area contributed by atoms with E-state index >= 15 is 0 Å². The number of ketones is 1. The van der Waals surface area contributed by atoms with Crippen LogP contribution < -0.4 is 0 Å². The molecule has 0 N–H and O–H groups in total. The maximum Gasteiger partial charge on any atom is 0.234 e. The molecule has 0 bridgehead atoms. The molecule has 0 spiro atoms. The molecule has 0 atom stereocenters. The van der Waals surface area contributed by atoms with Crippen molar-refractivity contribution in [1.82, 2.24) is 0 Å². The minimum Gasteiger partial charge on any atom is -0.288 e. The highest BCUT2D eigenvalue weighted by atomic mass is 19.1. The first-order valence-corrected chi connectivity index (χ1v) is 5.11. The maximum absolute atomic E-state index is 13.6. The van der Waals surface area contributed by atoms with Crippen LogP contribution in [0.2, 0.25) is 0 Å². The molecule has 2 aromatic carbocycles. The van der Waals surface area contributed by atoms with Crippen molar-refractivity contribution >= 4 is 12.1 Å². The fraction of sp³-hybridized carbons (Fsp3) is 0. The Balaban J connectivity index is 2.60. The van der Waals surface area contributed by atoms with Gasteiger partial charge in [-0.15, -0.1) is 0 Å². The van der Waals surface area contributed by atoms with Crippen molar-refractivity contribution in [3.63, 3.8) is 0 Å². The summed E-state index contributed by atoms with van der Waals surface area (Å²) in [5.41, 5.74) is -0.958. The van der Waals surface area contributed by atoms with Gasteiger partial charge in [-0.25, -0.2) is 8.78 Å². The first kappa shape index (κ1) is 12.1. The van der Waals surface area contributed by atoms with E-state index in [0.717, 1.165) is 12.1 Å². The lowest BCUT2D eigenvalue weighted by molar-refractivity contribution is 0.103. The molecule has 0 saturated carbocycles. The Morgan fingerprint density at radius 1 is 0.944 bits per heavy atom. The molecule has 0 aliphatic rings. The van der Waals surface area contributed by atoms with Crippen molar-refractivity contribution in [2.24, 2.45) is 0 Å². The summed E-state index contributed by atoms with van der Waals surface area (Å²) in [5, 5.41) is 0. The molecule has 2 rings (SSSR count). The summed E-state index contributed by atoms with van der Waals surface area (Å²) in [5.74, 6) is -2.50. The monoisotopic (exact) mass is 245 g/mol. The van der Waals surface area contributed by atoms with Crippen LogP contribution in [0.5, 0.6) is 0 Å². The van der Waals surface area contributed by atoms with Crippen molar-refractivity contribution in [3.05, 3.63) is 70.8 Å². The van der Waals surface area contributed by atoms with Crippen LogP contribution in [0.3, 0.4) is 0 Å². The Kier molecular flexibility index (Phi) is 3.28. The van der Waals surface area contributed by atoms with Gasteiger partial charge in [-0.05, 0) is 24.3 Å². The van der Waals surface area contributed by atoms with Gasteiger partial charge in [-0.2, -0.15) is 0 Å². The largest absolute Gasteiger partial charge is 0.288 e. The topological polar surface area (TPSA) is 34.1 Å². The minimum absolute atomic E-state index is 0.219. The van der Waals surface area contributed by atoms with E-state index in [1.807, 2.05) is 0 Å². The highest BCUT2D eigenvalue weighted by Crippen LogP contribution is 2.18. The molecule has 0 aromatic heterocycles. The predicted octanol–water partition coefficient (Wildman–Crippen LogP) is 2.65. The summed E-state index contributed by atoms with van der Waals surface area (Å²) in [6.07, 6.45) is 1.47. The van der Waals surface area contributed by atoms with E-state index in [1.165, 1.54) is 36.6 Å². The summed E-state index contributed by atoms with van der Waals surface area (Å²) >= 11 is 0. The van der Waals surface area contributed by atoms with Gasteiger partial charge in [0.25, 0.3) is 0 Å². The van der Waals surface area contributed by atoms with Gasteiger partial charge in [0.2, 0.25) is 6.29 Å². The molecule has 2 aromatic rings. The molecule has 89 valence electrons. The second kappa shape index (κ2) is 4.87. The smallest absolute Gasteiger partial charge is 0.234 e. The van der Waals surface area contributed by atoms with Gasteiger partial charge < -0.3 is 0 Å². The lowest BCUT2D eigenvalue weighted by Gasteiger charge is -2.05. The van der Waals surface area contributed by atoms with Crippen molar-refractivity contribution in [2.45, 2.75) is 0 Å². The molecule has 0 aliphatic heterocycles. The zero-order valence-electron chi connectivity index (χ0n) is 9.11. The summed E-state index contributed by atoms with van der Waals surface area (Å²) in [4.78, 5) is 22.7. The Labute approximate surface area is 102 Å². The first-order chi connectivity index (χ1) is 8.65. The lowest BCUT2D eigenvalue weighted by atomic mass is 9.98. The third-order valence-corrected chi connectivity index (χ3v) is 2.47. The normalized spacial score (nSPS) is 10.1. The Morgan fingerprint density at radius 2 is 1.61 bits per heavy atom. The van der Waals surface area contributed by atoms with Gasteiger partial charge >= 0.3 is 0 Å². The summed E-state index contributed by atoms with van der Waals surface area (Å²) in [6.45, 7) is 0. The second-order valence-electron chi connectivity index (χ2n) is 3.57. The van der Waals surface area contributed by atoms with E-state index in [2.05, 4.69) is 0 Å². The average molecular weight is 245 g/mol. The van der Waals surface area contributed by atoms with Crippen LogP contribution in [0.25, 0.3) is 0 Å². The number of halogens is 2. The van der Waals surface area contributed by atoms with Gasteiger partial charge in [0.15, 0.2) is 5.78 Å². The SMILES string of the molecule is O=[C]c1cccc(F)c1C(=O)c1ccccc1F. The van der Waals surface area contributed by atoms with Gasteiger partial charge in [0, 0.05) is 5.56 Å². The molecule has 2 nitrogen and oxygen atoms in total. The van der Waals surface area contributed by atoms with E-state index in [4.69, 9.17) is 0 Å². The molecule has 4 heteroatoms. The van der Waals surface area contributed by atoms with Crippen LogP contribution >= 0.6 is 0 Å². The fourth-order valence-electron chi connectivity index (χ4n) is 1.62. The van der Waals surface area contributed by atoms with Crippen molar-refractivity contribution in [2.75, 3.05) is 0 Å². The van der Waals surface area contributed by atoms with Crippen LogP contribution in [0.4, 0.5) is 8.78 Å². The Hall–Kier alpha value is -2.36. The van der Waals surface area contributed by atoms with Gasteiger partial charge in [-0.1, -0.05) is 18.2 Å². The maximum atomic E-state index is 13.6. The minimum atomic E-state index is -0.871. The predicted molar refractivity (Wildman–Crippen MR) is 61.0 cm³/mol. The van der Waals surface area contributed by atoms with Gasteiger partial charge in [-0.3, -0.25) is 9.59 Å². The van der Waals surface area contributed by atoms with Crippen molar-refractivity contribution in [1.29, 1.82) is 0 Å². The summed E-state index contributed by atoms with van der Waals surface area (Å²) in [6, 6.07) is 8.78. The molecule has 0 fully saturated rings. The van der Waals surface area contributed by atoms with Gasteiger partial charge in [0.05, 0.1) is 11.1 Å². The van der Waals surface area contributed by atoms with E-state index in [1.54, 1.807) is 0 Å². The van der Waals surface area contributed by atoms with Crippen LogP contribution in [0.1, 0.15) is 21.5 Å². The zero-order chi connectivity index (χ0) is 13.1. The summed E-state index contributed by atoms with van der Waals surface area (Å²) in [7, 11) is 0. The molecular weight excluding hydrogens is 238 g/mol. The van der Waals surface area contributed by atoms with Crippen LogP contribution in [-0.4, -0.2) is 12.1 Å². The average Bonchev–Trinajstić information content (AvgIpc) is 2.38. The highest BCUT2D eigenvalue weighted by molar-refractivity contribution is 6.13. The van der Waals surface area contributed by atoms with E-state index in [-0.39, 0.29) is 11.1 Å². The number of carbonyl (C=O) groups excluding carboxylic acids is 2. The molecule has 0 amide bonds. The van der Waals surface area contributed by atoms with Crippen LogP contribution in [0.15, 0.2) is 42.5 Å². The third kappa shape index (κ3) is 2.05. The van der Waals surface area contributed by atoms with Gasteiger partial charge in [0.1, 0.15) is 11.6 Å². The summed E-state index contributed by atoms with van der Waals surface area (Å²) < 4.78 is 27.0. The standard InChI is InChI=1S/C14H7F2O2/c15-11-6-2-1-5-10(11)14(18)13-9(8-17)4-3-7-12(13)16/h1-7H. The molecule has 0 saturated heterocycles. The molecule has 0 heterocycles. The van der Waals surface area contributed by atoms with E-state index < -0.39 is 23.0 Å². The van der Waals surface area contributed by atoms with E-state index in [0.29, 0.717) is 0 Å². The number of carbonyl (C=O) groups is 1. The molecule has 1 radical (unpaired) electrons. The lowest BCUT2D eigenvalue weighted by Crippen LogP contribution is -2.10. The third-order valence-electron chi connectivity index (χ3n) is 2.47. The zero-order valence-corrected chi connectivity index (χ0v) is 9.11. The van der Waals surface area contributed by atoms with E-state index in [9.17, 15) is 18.4 Å². The highest BCUT2D eigenvalue weighted by Gasteiger charge is 2.20. The fourth-order valence-corrected chi connectivity index (χ4v) is 1.62. The number of hydrogen-bond acceptors (Lipinski definition) is 2. The quantitative estimate of drug-likeness (QED) is 0.779. The van der Waals surface area contributed by atoms with Crippen LogP contribution in [-0.2, 0) is 4.79 Å². The van der Waals surface area contributed by atoms with Crippen molar-refractivity contribution < 1.29 is 18.4 Å². The number of rotatable bonds is 3.